The van der Waals surface area contributed by atoms with Crippen LogP contribution in [0.25, 0.3) is 0 Å². The highest BCUT2D eigenvalue weighted by Crippen LogP contribution is 2.48. The summed E-state index contributed by atoms with van der Waals surface area (Å²) in [6.45, 7) is 5.73. The molecule has 2 fully saturated rings. The lowest BCUT2D eigenvalue weighted by Gasteiger charge is -2.20. The quantitative estimate of drug-likeness (QED) is 0.340. The van der Waals surface area contributed by atoms with Crippen molar-refractivity contribution < 1.29 is 15.0 Å². The summed E-state index contributed by atoms with van der Waals surface area (Å²) < 4.78 is 0. The molecule has 3 rings (SSSR count). The number of rotatable bonds is 9. The maximum atomic E-state index is 12.2. The van der Waals surface area contributed by atoms with Gasteiger partial charge in [-0.25, -0.2) is 0 Å². The summed E-state index contributed by atoms with van der Waals surface area (Å²) in [4.78, 5) is 14.2. The van der Waals surface area contributed by atoms with E-state index in [9.17, 15) is 15.0 Å². The normalized spacial score (nSPS) is 30.1. The second-order valence-electron chi connectivity index (χ2n) is 9.52. The zero-order valence-electron chi connectivity index (χ0n) is 18.7. The summed E-state index contributed by atoms with van der Waals surface area (Å²) in [7, 11) is 0. The number of hydrogen-bond acceptors (Lipinski definition) is 3. The van der Waals surface area contributed by atoms with Crippen molar-refractivity contribution in [2.45, 2.75) is 83.8 Å². The SMILES string of the molecule is CC#CC[C@@H](C)[C@H](O)/C=C/[C@@H]1[C@H]2CC(CCCCC(=O)N3CCCC3)=C[C@H]2C[C@H]1O. The molecule has 1 aliphatic heterocycles. The first-order valence-corrected chi connectivity index (χ1v) is 11.9. The van der Waals surface area contributed by atoms with Gasteiger partial charge >= 0.3 is 0 Å². The third-order valence-corrected chi connectivity index (χ3v) is 7.26. The summed E-state index contributed by atoms with van der Waals surface area (Å²) >= 11 is 0. The van der Waals surface area contributed by atoms with Crippen molar-refractivity contribution in [2.24, 2.45) is 23.7 Å². The zero-order valence-corrected chi connectivity index (χ0v) is 18.7. The molecule has 4 nitrogen and oxygen atoms in total. The summed E-state index contributed by atoms with van der Waals surface area (Å²) in [6.07, 6.45) is 14.2. The minimum atomic E-state index is -0.515. The number of hydrogen-bond donors (Lipinski definition) is 2. The number of fused-ring (bicyclic) bond motifs is 1. The van der Waals surface area contributed by atoms with Crippen molar-refractivity contribution in [3.63, 3.8) is 0 Å². The number of allylic oxidation sites excluding steroid dienone is 2. The number of nitrogens with zero attached hydrogens (tertiary/aromatic N) is 1. The van der Waals surface area contributed by atoms with Gasteiger partial charge < -0.3 is 15.1 Å². The summed E-state index contributed by atoms with van der Waals surface area (Å²) in [5.41, 5.74) is 1.50. The molecule has 30 heavy (non-hydrogen) atoms. The van der Waals surface area contributed by atoms with Crippen molar-refractivity contribution in [2.75, 3.05) is 13.1 Å². The Morgan fingerprint density at radius 3 is 2.83 bits per heavy atom. The van der Waals surface area contributed by atoms with Gasteiger partial charge in [0.15, 0.2) is 0 Å². The molecule has 1 heterocycles. The molecule has 0 bridgehead atoms. The lowest BCUT2D eigenvalue weighted by molar-refractivity contribution is -0.130. The molecule has 0 aromatic carbocycles. The van der Waals surface area contributed by atoms with Gasteiger partial charge in [0.05, 0.1) is 12.2 Å². The number of carbonyl (C=O) groups excluding carboxylic acids is 1. The number of aliphatic hydroxyl groups is 2. The van der Waals surface area contributed by atoms with Gasteiger partial charge in [-0.3, -0.25) is 4.79 Å². The van der Waals surface area contributed by atoms with E-state index in [0.717, 1.165) is 58.0 Å². The minimum absolute atomic E-state index is 0.101. The van der Waals surface area contributed by atoms with Crippen molar-refractivity contribution in [1.29, 1.82) is 0 Å². The van der Waals surface area contributed by atoms with Crippen molar-refractivity contribution >= 4 is 5.91 Å². The van der Waals surface area contributed by atoms with Gasteiger partial charge in [-0.1, -0.05) is 30.7 Å². The maximum absolute atomic E-state index is 12.2. The van der Waals surface area contributed by atoms with Crippen LogP contribution in [0.5, 0.6) is 0 Å². The lowest BCUT2D eigenvalue weighted by atomic mass is 9.88. The molecule has 0 aromatic rings. The Labute approximate surface area is 182 Å². The number of amides is 1. The van der Waals surface area contributed by atoms with Crippen LogP contribution in [0.15, 0.2) is 23.8 Å². The number of aliphatic hydroxyl groups excluding tert-OH is 2. The van der Waals surface area contributed by atoms with Crippen LogP contribution < -0.4 is 0 Å². The molecule has 1 amide bonds. The first kappa shape index (κ1) is 23.1. The van der Waals surface area contributed by atoms with Gasteiger partial charge in [0, 0.05) is 31.8 Å². The lowest BCUT2D eigenvalue weighted by Crippen LogP contribution is -2.27. The van der Waals surface area contributed by atoms with E-state index in [-0.39, 0.29) is 17.9 Å². The van der Waals surface area contributed by atoms with Gasteiger partial charge in [-0.05, 0) is 69.6 Å². The Morgan fingerprint density at radius 2 is 2.10 bits per heavy atom. The molecule has 0 radical (unpaired) electrons. The largest absolute Gasteiger partial charge is 0.392 e. The fourth-order valence-electron chi connectivity index (χ4n) is 5.36. The second kappa shape index (κ2) is 11.2. The van der Waals surface area contributed by atoms with E-state index in [2.05, 4.69) is 24.0 Å². The molecule has 0 spiro atoms. The van der Waals surface area contributed by atoms with Crippen LogP contribution in [-0.4, -0.2) is 46.3 Å². The number of unbranched alkanes of at least 4 members (excludes halogenated alkanes) is 1. The van der Waals surface area contributed by atoms with E-state index < -0.39 is 6.10 Å². The predicted octanol–water partition coefficient (Wildman–Crippen LogP) is 4.08. The second-order valence-corrected chi connectivity index (χ2v) is 9.52. The van der Waals surface area contributed by atoms with Gasteiger partial charge in [0.25, 0.3) is 0 Å². The van der Waals surface area contributed by atoms with Gasteiger partial charge in [-0.2, -0.15) is 0 Å². The summed E-state index contributed by atoms with van der Waals surface area (Å²) in [5.74, 6) is 7.37. The van der Waals surface area contributed by atoms with E-state index in [1.54, 1.807) is 0 Å². The monoisotopic (exact) mass is 413 g/mol. The molecule has 166 valence electrons. The predicted molar refractivity (Wildman–Crippen MR) is 120 cm³/mol. The molecule has 1 saturated heterocycles. The number of carbonyl (C=O) groups is 1. The van der Waals surface area contributed by atoms with Crippen molar-refractivity contribution in [3.8, 4) is 11.8 Å². The van der Waals surface area contributed by atoms with Crippen LogP contribution in [-0.2, 0) is 4.79 Å². The summed E-state index contributed by atoms with van der Waals surface area (Å²) in [6, 6.07) is 0. The van der Waals surface area contributed by atoms with Crippen molar-refractivity contribution in [1.82, 2.24) is 4.90 Å². The Bertz CT molecular complexity index is 695. The van der Waals surface area contributed by atoms with Crippen LogP contribution in [0.4, 0.5) is 0 Å². The Balaban J connectivity index is 1.42. The van der Waals surface area contributed by atoms with E-state index in [1.165, 1.54) is 5.57 Å². The zero-order chi connectivity index (χ0) is 21.5. The van der Waals surface area contributed by atoms with E-state index in [0.29, 0.717) is 30.6 Å². The molecule has 2 aliphatic carbocycles. The molecule has 1 saturated carbocycles. The third kappa shape index (κ3) is 5.99. The highest BCUT2D eigenvalue weighted by atomic mass is 16.3. The standard InChI is InChI=1S/C26H39NO3/c1-3-4-9-19(2)24(28)13-12-22-23-17-20(16-21(23)18-25(22)29)10-5-6-11-26(30)27-14-7-8-15-27/h12-13,16,19,21-25,28-29H,5-11,14-15,17-18H2,1-2H3/b13-12+/t19-,21+,22-,23+,24-,25-/m1/s1. The van der Waals surface area contributed by atoms with Gasteiger partial charge in [-0.15, -0.1) is 11.8 Å². The molecule has 0 aromatic heterocycles. The minimum Gasteiger partial charge on any atom is -0.392 e. The third-order valence-electron chi connectivity index (χ3n) is 7.26. The summed E-state index contributed by atoms with van der Waals surface area (Å²) in [5, 5.41) is 20.9. The fourth-order valence-corrected chi connectivity index (χ4v) is 5.36. The first-order chi connectivity index (χ1) is 14.5. The van der Waals surface area contributed by atoms with Crippen LogP contribution >= 0.6 is 0 Å². The molecular weight excluding hydrogens is 374 g/mol. The smallest absolute Gasteiger partial charge is 0.222 e. The van der Waals surface area contributed by atoms with Crippen LogP contribution in [0.3, 0.4) is 0 Å². The maximum Gasteiger partial charge on any atom is 0.222 e. The topological polar surface area (TPSA) is 60.8 Å². The Morgan fingerprint density at radius 1 is 1.33 bits per heavy atom. The van der Waals surface area contributed by atoms with E-state index in [1.807, 2.05) is 24.8 Å². The van der Waals surface area contributed by atoms with E-state index >= 15 is 0 Å². The molecule has 2 N–H and O–H groups in total. The highest BCUT2D eigenvalue weighted by Gasteiger charge is 2.43. The van der Waals surface area contributed by atoms with Crippen LogP contribution in [0.1, 0.15) is 71.6 Å². The molecule has 0 unspecified atom stereocenters. The van der Waals surface area contributed by atoms with Crippen LogP contribution in [0.2, 0.25) is 0 Å². The molecule has 6 atom stereocenters. The van der Waals surface area contributed by atoms with Gasteiger partial charge in [0.1, 0.15) is 0 Å². The molecular formula is C26H39NO3. The first-order valence-electron chi connectivity index (χ1n) is 11.9. The number of likely N-dealkylation sites (tertiary alicyclic amines) is 1. The Hall–Kier alpha value is -1.57. The Kier molecular flexibility index (Phi) is 8.60. The van der Waals surface area contributed by atoms with E-state index in [4.69, 9.17) is 0 Å². The average Bonchev–Trinajstić information content (AvgIpc) is 3.44. The highest BCUT2D eigenvalue weighted by molar-refractivity contribution is 5.76. The van der Waals surface area contributed by atoms with Gasteiger partial charge in [0.2, 0.25) is 5.91 Å². The fraction of sp³-hybridized carbons (Fsp3) is 0.731. The van der Waals surface area contributed by atoms with Crippen LogP contribution in [0, 0.1) is 35.5 Å². The molecule has 3 aliphatic rings. The van der Waals surface area contributed by atoms with Crippen molar-refractivity contribution in [3.05, 3.63) is 23.8 Å². The average molecular weight is 414 g/mol. The molecule has 4 heteroatoms.